The third kappa shape index (κ3) is 2.67. The summed E-state index contributed by atoms with van der Waals surface area (Å²) in [6.45, 7) is 0. The average molecular weight is 486 g/mol. The van der Waals surface area contributed by atoms with Crippen molar-refractivity contribution >= 4 is 34.8 Å². The summed E-state index contributed by atoms with van der Waals surface area (Å²) in [4.78, 5) is 66.0. The first-order valence-electron chi connectivity index (χ1n) is 11.0. The van der Waals surface area contributed by atoms with Crippen LogP contribution < -0.4 is 4.90 Å². The average Bonchev–Trinajstić information content (AvgIpc) is 3.44. The van der Waals surface area contributed by atoms with Gasteiger partial charge in [0.25, 0.3) is 5.69 Å². The largest absolute Gasteiger partial charge is 0.349 e. The summed E-state index contributed by atoms with van der Waals surface area (Å²) < 4.78 is 20.9. The van der Waals surface area contributed by atoms with Crippen LogP contribution in [0, 0.1) is 27.8 Å². The van der Waals surface area contributed by atoms with Crippen molar-refractivity contribution in [2.45, 2.75) is 11.7 Å². The molecule has 2 heterocycles. The highest BCUT2D eigenvalue weighted by Gasteiger charge is 2.75. The number of ether oxygens (including phenoxy) is 1. The molecule has 0 radical (unpaired) electrons. The topological polar surface area (TPSA) is 124 Å². The van der Waals surface area contributed by atoms with Gasteiger partial charge in [-0.25, -0.2) is 9.29 Å². The Morgan fingerprint density at radius 3 is 2.00 bits per heavy atom. The van der Waals surface area contributed by atoms with Crippen LogP contribution in [0.5, 0.6) is 0 Å². The summed E-state index contributed by atoms with van der Waals surface area (Å²) in [5, 5.41) is 11.0. The Balaban J connectivity index is 1.53. The number of imide groups is 1. The fraction of sp³-hybridized carbons (Fsp3) is 0.154. The number of hydrogen-bond donors (Lipinski definition) is 0. The minimum Gasteiger partial charge on any atom is -0.349 e. The second-order valence-corrected chi connectivity index (χ2v) is 8.79. The molecule has 178 valence electrons. The number of benzene rings is 3. The first-order chi connectivity index (χ1) is 17.3. The van der Waals surface area contributed by atoms with Gasteiger partial charge in [0.2, 0.25) is 29.0 Å². The highest BCUT2D eigenvalue weighted by molar-refractivity contribution is 6.37. The molecule has 36 heavy (non-hydrogen) atoms. The molecule has 0 bridgehead atoms. The Labute approximate surface area is 202 Å². The van der Waals surface area contributed by atoms with Crippen molar-refractivity contribution in [1.29, 1.82) is 0 Å². The van der Waals surface area contributed by atoms with Crippen LogP contribution in [0.25, 0.3) is 0 Å². The SMILES string of the molecule is O=C1[C@H]2[C@@H](c3ccccc3F)OC3(C(=O)c4ccccc4C3=O)[C@H]2C(=O)N1c1ccc([N+](=O)[O-])cc1. The maximum Gasteiger partial charge on any atom is 0.269 e. The number of nitrogens with zero attached hydrogens (tertiary/aromatic N) is 2. The van der Waals surface area contributed by atoms with Gasteiger partial charge in [0, 0.05) is 28.8 Å². The molecule has 3 aromatic carbocycles. The van der Waals surface area contributed by atoms with E-state index < -0.39 is 57.7 Å². The van der Waals surface area contributed by atoms with Crippen LogP contribution in [-0.4, -0.2) is 33.9 Å². The zero-order valence-electron chi connectivity index (χ0n) is 18.3. The Bertz CT molecular complexity index is 1480. The van der Waals surface area contributed by atoms with Gasteiger partial charge in [-0.1, -0.05) is 42.5 Å². The fourth-order valence-electron chi connectivity index (χ4n) is 5.48. The van der Waals surface area contributed by atoms with Crippen molar-refractivity contribution in [3.8, 4) is 0 Å². The smallest absolute Gasteiger partial charge is 0.269 e. The summed E-state index contributed by atoms with van der Waals surface area (Å²) in [5.41, 5.74) is -2.49. The predicted molar refractivity (Wildman–Crippen MR) is 121 cm³/mol. The second kappa shape index (κ2) is 7.46. The predicted octanol–water partition coefficient (Wildman–Crippen LogP) is 3.43. The minimum absolute atomic E-state index is 0.0304. The Kier molecular flexibility index (Phi) is 4.55. The Hall–Kier alpha value is -4.57. The number of fused-ring (bicyclic) bond motifs is 3. The maximum atomic E-state index is 14.9. The standard InChI is InChI=1S/C26H15FN2O7/c27-18-8-4-3-7-17(18)21-19-20(26(36-21)22(30)15-5-1-2-6-16(15)23(26)31)25(33)28(24(19)32)13-9-11-14(12-10-13)29(34)35/h1-12,19-21H/t19-,20-,21-/m1/s1. The zero-order valence-corrected chi connectivity index (χ0v) is 18.3. The van der Waals surface area contributed by atoms with Gasteiger partial charge in [-0.3, -0.25) is 29.3 Å². The van der Waals surface area contributed by atoms with E-state index in [2.05, 4.69) is 0 Å². The van der Waals surface area contributed by atoms with Crippen LogP contribution in [0.4, 0.5) is 15.8 Å². The lowest BCUT2D eigenvalue weighted by atomic mass is 9.77. The van der Waals surface area contributed by atoms with Crippen molar-refractivity contribution in [1.82, 2.24) is 0 Å². The molecule has 2 amide bonds. The number of hydrogen-bond acceptors (Lipinski definition) is 7. The van der Waals surface area contributed by atoms with Crippen LogP contribution >= 0.6 is 0 Å². The van der Waals surface area contributed by atoms with Gasteiger partial charge in [-0.15, -0.1) is 0 Å². The van der Waals surface area contributed by atoms with Crippen LogP contribution in [0.1, 0.15) is 32.4 Å². The molecular formula is C26H15FN2O7. The van der Waals surface area contributed by atoms with Gasteiger partial charge in [-0.05, 0) is 18.2 Å². The van der Waals surface area contributed by atoms with E-state index in [4.69, 9.17) is 4.74 Å². The normalized spacial score (nSPS) is 23.9. The highest BCUT2D eigenvalue weighted by Crippen LogP contribution is 2.58. The fourth-order valence-corrected chi connectivity index (χ4v) is 5.48. The van der Waals surface area contributed by atoms with E-state index in [9.17, 15) is 33.7 Å². The molecule has 9 nitrogen and oxygen atoms in total. The number of Topliss-reactive ketones (excluding diaryl/α,β-unsaturated/α-hetero) is 2. The van der Waals surface area contributed by atoms with Crippen molar-refractivity contribution in [2.24, 2.45) is 11.8 Å². The van der Waals surface area contributed by atoms with Gasteiger partial charge in [-0.2, -0.15) is 0 Å². The summed E-state index contributed by atoms with van der Waals surface area (Å²) in [6, 6.07) is 16.2. The molecule has 2 saturated heterocycles. The van der Waals surface area contributed by atoms with Crippen molar-refractivity contribution in [2.75, 3.05) is 4.90 Å². The van der Waals surface area contributed by atoms with E-state index in [0.717, 1.165) is 23.1 Å². The Morgan fingerprint density at radius 2 is 1.42 bits per heavy atom. The van der Waals surface area contributed by atoms with E-state index in [1.807, 2.05) is 0 Å². The van der Waals surface area contributed by atoms with E-state index in [1.54, 1.807) is 12.1 Å². The monoisotopic (exact) mass is 486 g/mol. The molecule has 10 heteroatoms. The van der Waals surface area contributed by atoms with Gasteiger partial charge in [0.05, 0.1) is 28.6 Å². The molecule has 3 aliphatic rings. The first-order valence-corrected chi connectivity index (χ1v) is 11.0. The number of halogens is 1. The van der Waals surface area contributed by atoms with Crippen molar-refractivity contribution < 1.29 is 33.2 Å². The number of nitro benzene ring substituents is 1. The van der Waals surface area contributed by atoms with E-state index in [0.29, 0.717) is 0 Å². The molecule has 3 aromatic rings. The highest BCUT2D eigenvalue weighted by atomic mass is 19.1. The number of amides is 2. The minimum atomic E-state index is -2.33. The second-order valence-electron chi connectivity index (χ2n) is 8.79. The first kappa shape index (κ1) is 21.9. The van der Waals surface area contributed by atoms with Crippen molar-refractivity contribution in [3.63, 3.8) is 0 Å². The molecule has 0 saturated carbocycles. The lowest BCUT2D eigenvalue weighted by Gasteiger charge is -2.27. The lowest BCUT2D eigenvalue weighted by Crippen LogP contribution is -2.51. The van der Waals surface area contributed by atoms with Gasteiger partial charge < -0.3 is 4.74 Å². The number of non-ortho nitro benzene ring substituents is 1. The third-order valence-electron chi connectivity index (χ3n) is 7.05. The molecule has 2 fully saturated rings. The molecule has 0 aromatic heterocycles. The molecule has 1 aliphatic carbocycles. The van der Waals surface area contributed by atoms with Crippen LogP contribution in [-0.2, 0) is 14.3 Å². The van der Waals surface area contributed by atoms with Crippen LogP contribution in [0.15, 0.2) is 72.8 Å². The van der Waals surface area contributed by atoms with Gasteiger partial charge in [0.1, 0.15) is 5.82 Å². The Morgan fingerprint density at radius 1 is 0.833 bits per heavy atom. The number of nitro groups is 1. The van der Waals surface area contributed by atoms with Gasteiger partial charge >= 0.3 is 0 Å². The third-order valence-corrected chi connectivity index (χ3v) is 7.05. The molecule has 6 rings (SSSR count). The number of ketones is 2. The molecule has 0 unspecified atom stereocenters. The molecule has 3 atom stereocenters. The number of anilines is 1. The summed E-state index contributed by atoms with van der Waals surface area (Å²) in [5.74, 6) is -6.81. The molecule has 0 N–H and O–H groups in total. The number of carbonyl (C=O) groups is 4. The quantitative estimate of drug-likeness (QED) is 0.240. The van der Waals surface area contributed by atoms with Crippen molar-refractivity contribution in [3.05, 3.63) is 105 Å². The van der Waals surface area contributed by atoms with Gasteiger partial charge in [0.15, 0.2) is 0 Å². The van der Waals surface area contributed by atoms with Crippen LogP contribution in [0.3, 0.4) is 0 Å². The van der Waals surface area contributed by atoms with Crippen LogP contribution in [0.2, 0.25) is 0 Å². The molecule has 1 spiro atoms. The van der Waals surface area contributed by atoms with E-state index >= 15 is 0 Å². The molecular weight excluding hydrogens is 471 g/mol. The maximum absolute atomic E-state index is 14.9. The summed E-state index contributed by atoms with van der Waals surface area (Å²) in [7, 11) is 0. The number of rotatable bonds is 3. The zero-order chi connectivity index (χ0) is 25.4. The van der Waals surface area contributed by atoms with E-state index in [1.165, 1.54) is 42.5 Å². The summed E-state index contributed by atoms with van der Waals surface area (Å²) >= 11 is 0. The number of carbonyl (C=O) groups excluding carboxylic acids is 4. The lowest BCUT2D eigenvalue weighted by molar-refractivity contribution is -0.384. The molecule has 2 aliphatic heterocycles. The van der Waals surface area contributed by atoms with E-state index in [-0.39, 0.29) is 28.1 Å². The summed E-state index contributed by atoms with van der Waals surface area (Å²) in [6.07, 6.45) is -1.39.